The molecule has 0 bridgehead atoms. The van der Waals surface area contributed by atoms with Gasteiger partial charge < -0.3 is 15.2 Å². The van der Waals surface area contributed by atoms with Crippen LogP contribution in [0.4, 0.5) is 18.9 Å². The molecule has 0 fully saturated rings. The highest BCUT2D eigenvalue weighted by Gasteiger charge is 2.16. The van der Waals surface area contributed by atoms with E-state index in [0.29, 0.717) is 16.6 Å². The van der Waals surface area contributed by atoms with Crippen LogP contribution >= 0.6 is 15.9 Å². The summed E-state index contributed by atoms with van der Waals surface area (Å²) in [6.45, 7) is -0.810. The standard InChI is InChI=1S/C16H11BrF3NO4/c17-9-2-1-8(10(18)4-9)3-15(22)21-13-5-11(19)12(20)6-14(13)25-7-16(23)24/h1-2,4-6H,3,7H2,(H,21,22)(H,23,24). The number of nitrogens with one attached hydrogen (secondary N) is 1. The number of ether oxygens (including phenoxy) is 1. The smallest absolute Gasteiger partial charge is 0.341 e. The van der Waals surface area contributed by atoms with Gasteiger partial charge in [0.2, 0.25) is 5.91 Å². The molecule has 0 saturated heterocycles. The molecule has 2 N–H and O–H groups in total. The van der Waals surface area contributed by atoms with Crippen molar-refractivity contribution in [3.05, 3.63) is 57.8 Å². The van der Waals surface area contributed by atoms with Gasteiger partial charge in [-0.3, -0.25) is 4.79 Å². The van der Waals surface area contributed by atoms with Gasteiger partial charge >= 0.3 is 5.97 Å². The number of rotatable bonds is 6. The topological polar surface area (TPSA) is 75.6 Å². The third kappa shape index (κ3) is 5.21. The third-order valence-corrected chi connectivity index (χ3v) is 3.51. The molecular weight excluding hydrogens is 407 g/mol. The first-order valence-corrected chi connectivity index (χ1v) is 7.63. The number of halogens is 4. The van der Waals surface area contributed by atoms with Crippen molar-refractivity contribution in [2.45, 2.75) is 6.42 Å². The number of anilines is 1. The van der Waals surface area contributed by atoms with Gasteiger partial charge in [-0.2, -0.15) is 0 Å². The third-order valence-electron chi connectivity index (χ3n) is 3.01. The minimum Gasteiger partial charge on any atom is -0.480 e. The first-order chi connectivity index (χ1) is 11.8. The summed E-state index contributed by atoms with van der Waals surface area (Å²) in [5.74, 6) is -5.54. The second-order valence-electron chi connectivity index (χ2n) is 4.91. The van der Waals surface area contributed by atoms with Crippen molar-refractivity contribution in [2.75, 3.05) is 11.9 Å². The van der Waals surface area contributed by atoms with Crippen LogP contribution in [0.3, 0.4) is 0 Å². The average Bonchev–Trinajstić information content (AvgIpc) is 2.52. The number of hydrogen-bond donors (Lipinski definition) is 2. The lowest BCUT2D eigenvalue weighted by Gasteiger charge is -2.12. The van der Waals surface area contributed by atoms with Crippen molar-refractivity contribution in [1.82, 2.24) is 0 Å². The summed E-state index contributed by atoms with van der Waals surface area (Å²) < 4.78 is 45.7. The number of hydrogen-bond acceptors (Lipinski definition) is 3. The molecule has 2 aromatic carbocycles. The Morgan fingerprint density at radius 1 is 1.08 bits per heavy atom. The number of carbonyl (C=O) groups is 2. The second-order valence-corrected chi connectivity index (χ2v) is 5.82. The predicted octanol–water partition coefficient (Wildman–Crippen LogP) is 3.51. The van der Waals surface area contributed by atoms with E-state index in [1.165, 1.54) is 12.1 Å². The largest absolute Gasteiger partial charge is 0.480 e. The highest BCUT2D eigenvalue weighted by atomic mass is 79.9. The molecule has 5 nitrogen and oxygen atoms in total. The Bertz CT molecular complexity index is 829. The molecule has 0 aliphatic rings. The van der Waals surface area contributed by atoms with E-state index in [4.69, 9.17) is 9.84 Å². The number of carbonyl (C=O) groups excluding carboxylic acids is 1. The fourth-order valence-corrected chi connectivity index (χ4v) is 2.25. The van der Waals surface area contributed by atoms with Gasteiger partial charge in [-0.15, -0.1) is 0 Å². The molecule has 2 aromatic rings. The molecule has 0 aliphatic carbocycles. The fourth-order valence-electron chi connectivity index (χ4n) is 1.92. The van der Waals surface area contributed by atoms with Crippen molar-refractivity contribution in [1.29, 1.82) is 0 Å². The van der Waals surface area contributed by atoms with Crippen LogP contribution < -0.4 is 10.1 Å². The van der Waals surface area contributed by atoms with E-state index in [-0.39, 0.29) is 23.4 Å². The molecule has 0 heterocycles. The second kappa shape index (κ2) is 8.02. The van der Waals surface area contributed by atoms with Gasteiger partial charge in [0.1, 0.15) is 11.6 Å². The van der Waals surface area contributed by atoms with E-state index in [9.17, 15) is 22.8 Å². The maximum absolute atomic E-state index is 13.7. The normalized spacial score (nSPS) is 10.4. The van der Waals surface area contributed by atoms with Gasteiger partial charge in [-0.1, -0.05) is 22.0 Å². The number of aliphatic carboxylic acids is 1. The van der Waals surface area contributed by atoms with Gasteiger partial charge in [0.25, 0.3) is 0 Å². The first-order valence-electron chi connectivity index (χ1n) is 6.83. The summed E-state index contributed by atoms with van der Waals surface area (Å²) in [4.78, 5) is 22.6. The van der Waals surface area contributed by atoms with Crippen molar-refractivity contribution < 1.29 is 32.6 Å². The molecule has 2 rings (SSSR count). The SMILES string of the molecule is O=C(O)COc1cc(F)c(F)cc1NC(=O)Cc1ccc(Br)cc1F. The van der Waals surface area contributed by atoms with Crippen LogP contribution in [-0.2, 0) is 16.0 Å². The summed E-state index contributed by atoms with van der Waals surface area (Å²) in [6, 6.07) is 5.40. The van der Waals surface area contributed by atoms with E-state index >= 15 is 0 Å². The highest BCUT2D eigenvalue weighted by Crippen LogP contribution is 2.28. The van der Waals surface area contributed by atoms with Crippen molar-refractivity contribution in [3.63, 3.8) is 0 Å². The average molecular weight is 418 g/mol. The quantitative estimate of drug-likeness (QED) is 0.753. The van der Waals surface area contributed by atoms with E-state index in [1.807, 2.05) is 0 Å². The molecule has 1 amide bonds. The lowest BCUT2D eigenvalue weighted by molar-refractivity contribution is -0.139. The molecule has 0 atom stereocenters. The Balaban J connectivity index is 2.18. The van der Waals surface area contributed by atoms with Crippen molar-refractivity contribution in [3.8, 4) is 5.75 Å². The maximum Gasteiger partial charge on any atom is 0.341 e. The highest BCUT2D eigenvalue weighted by molar-refractivity contribution is 9.10. The Labute approximate surface area is 148 Å². The number of carboxylic acids is 1. The summed E-state index contributed by atoms with van der Waals surface area (Å²) in [6.07, 6.45) is -0.365. The fraction of sp³-hybridized carbons (Fsp3) is 0.125. The molecule has 0 saturated carbocycles. The van der Waals surface area contributed by atoms with Crippen LogP contribution in [0.2, 0.25) is 0 Å². The van der Waals surface area contributed by atoms with Crippen LogP contribution in [0.5, 0.6) is 5.75 Å². The Kier molecular flexibility index (Phi) is 6.02. The monoisotopic (exact) mass is 417 g/mol. The van der Waals surface area contributed by atoms with E-state index in [0.717, 1.165) is 0 Å². The predicted molar refractivity (Wildman–Crippen MR) is 85.9 cm³/mol. The summed E-state index contributed by atoms with van der Waals surface area (Å²) >= 11 is 3.09. The van der Waals surface area contributed by atoms with Gasteiger partial charge in [0, 0.05) is 16.6 Å². The zero-order chi connectivity index (χ0) is 18.6. The van der Waals surface area contributed by atoms with Crippen molar-refractivity contribution >= 4 is 33.5 Å². The van der Waals surface area contributed by atoms with Gasteiger partial charge in [-0.25, -0.2) is 18.0 Å². The van der Waals surface area contributed by atoms with Crippen LogP contribution in [-0.4, -0.2) is 23.6 Å². The minimum atomic E-state index is -1.33. The van der Waals surface area contributed by atoms with E-state index in [1.54, 1.807) is 6.07 Å². The summed E-state index contributed by atoms with van der Waals surface area (Å²) in [5, 5.41) is 10.8. The first kappa shape index (κ1) is 18.8. The Hall–Kier alpha value is -2.55. The molecule has 9 heteroatoms. The zero-order valence-electron chi connectivity index (χ0n) is 12.5. The molecule has 0 aromatic heterocycles. The molecule has 0 unspecified atom stereocenters. The van der Waals surface area contributed by atoms with Crippen LogP contribution in [0, 0.1) is 17.5 Å². The number of amides is 1. The lowest BCUT2D eigenvalue weighted by atomic mass is 10.1. The Morgan fingerprint density at radius 3 is 2.40 bits per heavy atom. The Morgan fingerprint density at radius 2 is 1.76 bits per heavy atom. The molecular formula is C16H11BrF3NO4. The van der Waals surface area contributed by atoms with Crippen LogP contribution in [0.15, 0.2) is 34.8 Å². The zero-order valence-corrected chi connectivity index (χ0v) is 14.1. The molecule has 0 radical (unpaired) electrons. The van der Waals surface area contributed by atoms with E-state index < -0.39 is 35.9 Å². The van der Waals surface area contributed by atoms with Crippen molar-refractivity contribution in [2.24, 2.45) is 0 Å². The summed E-state index contributed by atoms with van der Waals surface area (Å²) in [7, 11) is 0. The van der Waals surface area contributed by atoms with Gasteiger partial charge in [0.15, 0.2) is 18.2 Å². The summed E-state index contributed by atoms with van der Waals surface area (Å²) in [5.41, 5.74) is -0.168. The molecule has 132 valence electrons. The van der Waals surface area contributed by atoms with Gasteiger partial charge in [-0.05, 0) is 17.7 Å². The van der Waals surface area contributed by atoms with Crippen LogP contribution in [0.1, 0.15) is 5.56 Å². The molecule has 0 spiro atoms. The molecule has 25 heavy (non-hydrogen) atoms. The molecule has 0 aliphatic heterocycles. The number of benzene rings is 2. The van der Waals surface area contributed by atoms with Gasteiger partial charge in [0.05, 0.1) is 12.1 Å². The van der Waals surface area contributed by atoms with Crippen LogP contribution in [0.25, 0.3) is 0 Å². The minimum absolute atomic E-state index is 0.0938. The maximum atomic E-state index is 13.7. The van der Waals surface area contributed by atoms with E-state index in [2.05, 4.69) is 21.2 Å². The number of carboxylic acid groups (broad SMARTS) is 1. The lowest BCUT2D eigenvalue weighted by Crippen LogP contribution is -2.17.